The van der Waals surface area contributed by atoms with Crippen molar-refractivity contribution in [2.24, 2.45) is 5.92 Å². The molecule has 140 valence electrons. The highest BCUT2D eigenvalue weighted by atomic mass is 32.2. The molecule has 0 N–H and O–H groups in total. The van der Waals surface area contributed by atoms with E-state index in [1.807, 2.05) is 24.3 Å². The third-order valence-electron chi connectivity index (χ3n) is 4.46. The molecule has 1 aromatic heterocycles. The van der Waals surface area contributed by atoms with Crippen LogP contribution in [0.3, 0.4) is 0 Å². The summed E-state index contributed by atoms with van der Waals surface area (Å²) in [6, 6.07) is 7.64. The molecule has 1 atom stereocenters. The molecule has 0 spiro atoms. The van der Waals surface area contributed by atoms with Gasteiger partial charge in [-0.1, -0.05) is 49.9 Å². The van der Waals surface area contributed by atoms with Crippen LogP contribution in [0.5, 0.6) is 0 Å². The van der Waals surface area contributed by atoms with Crippen molar-refractivity contribution in [2.75, 3.05) is 17.3 Å². The van der Waals surface area contributed by atoms with Gasteiger partial charge in [0.05, 0.1) is 17.3 Å². The average Bonchev–Trinajstić information content (AvgIpc) is 3.18. The van der Waals surface area contributed by atoms with E-state index < -0.39 is 9.84 Å². The first kappa shape index (κ1) is 19.1. The highest BCUT2D eigenvalue weighted by Gasteiger charge is 2.29. The summed E-state index contributed by atoms with van der Waals surface area (Å²) in [6.07, 6.45) is 1.11. The molecule has 1 aromatic carbocycles. The van der Waals surface area contributed by atoms with Gasteiger partial charge in [0.1, 0.15) is 0 Å². The van der Waals surface area contributed by atoms with Crippen molar-refractivity contribution >= 4 is 27.4 Å². The summed E-state index contributed by atoms with van der Waals surface area (Å²) in [5.41, 5.74) is 1.86. The van der Waals surface area contributed by atoms with Gasteiger partial charge in [0, 0.05) is 12.0 Å². The summed E-state index contributed by atoms with van der Waals surface area (Å²) in [5.74, 6) is 1.55. The zero-order chi connectivity index (χ0) is 18.7. The predicted molar refractivity (Wildman–Crippen MR) is 100 cm³/mol. The SMILES string of the molecule is CC(C)c1ccc(C(=O)CSc2nnc(CC3CCS(=O)(=O)C3)o2)cc1. The fourth-order valence-electron chi connectivity index (χ4n) is 2.92. The zero-order valence-corrected chi connectivity index (χ0v) is 16.5. The Morgan fingerprint density at radius 2 is 2.00 bits per heavy atom. The van der Waals surface area contributed by atoms with E-state index in [0.29, 0.717) is 35.4 Å². The predicted octanol–water partition coefficient (Wildman–Crippen LogP) is 3.15. The number of carbonyl (C=O) groups excluding carboxylic acids is 1. The van der Waals surface area contributed by atoms with Crippen LogP contribution in [0.1, 0.15) is 48.0 Å². The van der Waals surface area contributed by atoms with Gasteiger partial charge in [-0.05, 0) is 23.8 Å². The summed E-state index contributed by atoms with van der Waals surface area (Å²) in [7, 11) is -2.91. The number of Topliss-reactive ketones (excluding diaryl/α,β-unsaturated/α-hetero) is 1. The number of rotatable bonds is 7. The van der Waals surface area contributed by atoms with Gasteiger partial charge >= 0.3 is 0 Å². The maximum absolute atomic E-state index is 12.3. The van der Waals surface area contributed by atoms with Gasteiger partial charge in [-0.25, -0.2) is 8.42 Å². The van der Waals surface area contributed by atoms with Crippen LogP contribution in [0.15, 0.2) is 33.9 Å². The van der Waals surface area contributed by atoms with Crippen LogP contribution in [0.2, 0.25) is 0 Å². The first-order chi connectivity index (χ1) is 12.3. The van der Waals surface area contributed by atoms with Crippen LogP contribution in [-0.2, 0) is 16.3 Å². The molecule has 1 unspecified atom stereocenters. The molecule has 1 fully saturated rings. The minimum Gasteiger partial charge on any atom is -0.416 e. The van der Waals surface area contributed by atoms with E-state index in [9.17, 15) is 13.2 Å². The number of hydrogen-bond acceptors (Lipinski definition) is 7. The van der Waals surface area contributed by atoms with Crippen molar-refractivity contribution in [1.29, 1.82) is 0 Å². The van der Waals surface area contributed by atoms with Gasteiger partial charge in [-0.15, -0.1) is 10.2 Å². The number of ketones is 1. The molecule has 0 amide bonds. The summed E-state index contributed by atoms with van der Waals surface area (Å²) < 4.78 is 28.5. The molecule has 1 aliphatic heterocycles. The van der Waals surface area contributed by atoms with Crippen molar-refractivity contribution in [3.63, 3.8) is 0 Å². The Bertz CT molecular complexity index is 873. The fourth-order valence-corrected chi connectivity index (χ4v) is 5.46. The zero-order valence-electron chi connectivity index (χ0n) is 14.8. The van der Waals surface area contributed by atoms with E-state index in [-0.39, 0.29) is 29.0 Å². The monoisotopic (exact) mass is 394 g/mol. The van der Waals surface area contributed by atoms with Gasteiger partial charge in [-0.2, -0.15) is 0 Å². The molecule has 0 aliphatic carbocycles. The van der Waals surface area contributed by atoms with E-state index in [2.05, 4.69) is 24.0 Å². The number of thioether (sulfide) groups is 1. The molecular formula is C18H22N2O4S2. The molecule has 1 saturated heterocycles. The van der Waals surface area contributed by atoms with Crippen molar-refractivity contribution in [2.45, 2.75) is 37.8 Å². The average molecular weight is 395 g/mol. The van der Waals surface area contributed by atoms with E-state index in [1.165, 1.54) is 17.3 Å². The number of aromatic nitrogens is 2. The maximum atomic E-state index is 12.3. The highest BCUT2D eigenvalue weighted by Crippen LogP contribution is 2.24. The molecule has 26 heavy (non-hydrogen) atoms. The topological polar surface area (TPSA) is 90.1 Å². The van der Waals surface area contributed by atoms with E-state index in [0.717, 1.165) is 0 Å². The lowest BCUT2D eigenvalue weighted by atomic mass is 10.0. The third-order valence-corrected chi connectivity index (χ3v) is 7.12. The molecule has 0 radical (unpaired) electrons. The van der Waals surface area contributed by atoms with Crippen LogP contribution < -0.4 is 0 Å². The molecule has 2 aromatic rings. The third kappa shape index (κ3) is 4.94. The number of benzene rings is 1. The van der Waals surface area contributed by atoms with Crippen molar-refractivity contribution in [3.05, 3.63) is 41.3 Å². The summed E-state index contributed by atoms with van der Waals surface area (Å²) in [5, 5.41) is 8.25. The largest absolute Gasteiger partial charge is 0.416 e. The molecular weight excluding hydrogens is 372 g/mol. The summed E-state index contributed by atoms with van der Waals surface area (Å²) >= 11 is 1.20. The second-order valence-electron chi connectivity index (χ2n) is 6.92. The normalized spacial score (nSPS) is 19.1. The Kier molecular flexibility index (Phi) is 5.82. The minimum absolute atomic E-state index is 0.00643. The van der Waals surface area contributed by atoms with E-state index in [4.69, 9.17) is 4.42 Å². The standard InChI is InChI=1S/C18H22N2O4S2/c1-12(2)14-3-5-15(6-4-14)16(21)10-25-18-20-19-17(24-18)9-13-7-8-26(22,23)11-13/h3-6,12-13H,7-11H2,1-2H3. The van der Waals surface area contributed by atoms with E-state index in [1.54, 1.807) is 0 Å². The Morgan fingerprint density at radius 3 is 2.62 bits per heavy atom. The Hall–Kier alpha value is -1.67. The molecule has 1 aliphatic rings. The van der Waals surface area contributed by atoms with Crippen LogP contribution in [0, 0.1) is 5.92 Å². The second kappa shape index (κ2) is 7.92. The van der Waals surface area contributed by atoms with Gasteiger partial charge in [0.15, 0.2) is 15.6 Å². The second-order valence-corrected chi connectivity index (χ2v) is 10.1. The number of hydrogen-bond donors (Lipinski definition) is 0. The van der Waals surface area contributed by atoms with Crippen molar-refractivity contribution in [3.8, 4) is 0 Å². The highest BCUT2D eigenvalue weighted by molar-refractivity contribution is 7.99. The van der Waals surface area contributed by atoms with Crippen LogP contribution in [0.25, 0.3) is 0 Å². The summed E-state index contributed by atoms with van der Waals surface area (Å²) in [6.45, 7) is 4.22. The number of nitrogens with zero attached hydrogens (tertiary/aromatic N) is 2. The van der Waals surface area contributed by atoms with Crippen LogP contribution in [0.4, 0.5) is 0 Å². The van der Waals surface area contributed by atoms with Crippen LogP contribution in [-0.4, -0.2) is 41.7 Å². The molecule has 2 heterocycles. The quantitative estimate of drug-likeness (QED) is 0.526. The number of carbonyl (C=O) groups is 1. The lowest BCUT2D eigenvalue weighted by Crippen LogP contribution is -2.07. The van der Waals surface area contributed by atoms with E-state index >= 15 is 0 Å². The Balaban J connectivity index is 1.52. The smallest absolute Gasteiger partial charge is 0.277 e. The van der Waals surface area contributed by atoms with Gasteiger partial charge < -0.3 is 4.42 Å². The molecule has 6 nitrogen and oxygen atoms in total. The first-order valence-electron chi connectivity index (χ1n) is 8.61. The molecule has 0 saturated carbocycles. The molecule has 8 heteroatoms. The van der Waals surface area contributed by atoms with Gasteiger partial charge in [0.2, 0.25) is 5.89 Å². The van der Waals surface area contributed by atoms with Crippen LogP contribution >= 0.6 is 11.8 Å². The Labute approximate surface area is 157 Å². The maximum Gasteiger partial charge on any atom is 0.277 e. The minimum atomic E-state index is -2.91. The molecule has 3 rings (SSSR count). The lowest BCUT2D eigenvalue weighted by Gasteiger charge is -2.05. The fraction of sp³-hybridized carbons (Fsp3) is 0.500. The van der Waals surface area contributed by atoms with Gasteiger partial charge in [-0.3, -0.25) is 4.79 Å². The lowest BCUT2D eigenvalue weighted by molar-refractivity contribution is 0.102. The first-order valence-corrected chi connectivity index (χ1v) is 11.4. The van der Waals surface area contributed by atoms with Gasteiger partial charge in [0.25, 0.3) is 5.22 Å². The molecule has 0 bridgehead atoms. The summed E-state index contributed by atoms with van der Waals surface area (Å²) in [4.78, 5) is 12.3. The Morgan fingerprint density at radius 1 is 1.27 bits per heavy atom. The van der Waals surface area contributed by atoms with Crippen molar-refractivity contribution < 1.29 is 17.6 Å². The number of sulfone groups is 1. The van der Waals surface area contributed by atoms with Crippen molar-refractivity contribution in [1.82, 2.24) is 10.2 Å².